The molecule has 0 aliphatic rings. The first kappa shape index (κ1) is 13.1. The minimum atomic E-state index is 0.155. The van der Waals surface area contributed by atoms with E-state index >= 15 is 0 Å². The molecule has 0 bridgehead atoms. The molecule has 2 heterocycles. The predicted octanol–water partition coefficient (Wildman–Crippen LogP) is 2.70. The standard InChI is InChI=1S/C14H16N4OS/c1-9(2)19-11-5-3-4-10(6-11)12-8-20-14-17-16-13(7-15)18(12)14/h3-6,8-9H,7,15H2,1-2H3. The highest BCUT2D eigenvalue weighted by Crippen LogP contribution is 2.29. The Morgan fingerprint density at radius 3 is 2.95 bits per heavy atom. The van der Waals surface area contributed by atoms with Crippen molar-refractivity contribution in [2.45, 2.75) is 26.5 Å². The molecule has 0 saturated carbocycles. The van der Waals surface area contributed by atoms with E-state index in [4.69, 9.17) is 10.5 Å². The molecule has 0 unspecified atom stereocenters. The Kier molecular flexibility index (Phi) is 3.42. The third-order valence-corrected chi connectivity index (χ3v) is 3.72. The molecule has 2 aromatic heterocycles. The number of hydrogen-bond acceptors (Lipinski definition) is 5. The van der Waals surface area contributed by atoms with Gasteiger partial charge in [0.05, 0.1) is 18.3 Å². The Morgan fingerprint density at radius 2 is 2.20 bits per heavy atom. The molecule has 0 radical (unpaired) electrons. The molecular weight excluding hydrogens is 272 g/mol. The van der Waals surface area contributed by atoms with Crippen LogP contribution in [0.25, 0.3) is 16.2 Å². The van der Waals surface area contributed by atoms with Gasteiger partial charge in [0.15, 0.2) is 5.82 Å². The maximum atomic E-state index is 5.74. The van der Waals surface area contributed by atoms with Crippen molar-refractivity contribution in [1.29, 1.82) is 0 Å². The van der Waals surface area contributed by atoms with Crippen LogP contribution in [-0.4, -0.2) is 20.7 Å². The number of rotatable bonds is 4. The number of fused-ring (bicyclic) bond motifs is 1. The van der Waals surface area contributed by atoms with Gasteiger partial charge < -0.3 is 10.5 Å². The Hall–Kier alpha value is -1.92. The fraction of sp³-hybridized carbons (Fsp3) is 0.286. The van der Waals surface area contributed by atoms with Gasteiger partial charge in [0.25, 0.3) is 0 Å². The molecule has 20 heavy (non-hydrogen) atoms. The van der Waals surface area contributed by atoms with E-state index < -0.39 is 0 Å². The average Bonchev–Trinajstić information content (AvgIpc) is 2.98. The quantitative estimate of drug-likeness (QED) is 0.801. The van der Waals surface area contributed by atoms with Gasteiger partial charge in [-0.1, -0.05) is 12.1 Å². The number of ether oxygens (including phenoxy) is 1. The van der Waals surface area contributed by atoms with Crippen molar-refractivity contribution >= 4 is 16.3 Å². The lowest BCUT2D eigenvalue weighted by atomic mass is 10.1. The highest BCUT2D eigenvalue weighted by Gasteiger charge is 2.12. The van der Waals surface area contributed by atoms with Gasteiger partial charge in [0.1, 0.15) is 5.75 Å². The second kappa shape index (κ2) is 5.22. The lowest BCUT2D eigenvalue weighted by Gasteiger charge is -2.10. The van der Waals surface area contributed by atoms with Gasteiger partial charge in [-0.3, -0.25) is 4.40 Å². The summed E-state index contributed by atoms with van der Waals surface area (Å²) in [6.07, 6.45) is 0.155. The summed E-state index contributed by atoms with van der Waals surface area (Å²) in [7, 11) is 0. The number of benzene rings is 1. The molecule has 104 valence electrons. The number of thiazole rings is 1. The summed E-state index contributed by atoms with van der Waals surface area (Å²) in [5, 5.41) is 10.3. The Morgan fingerprint density at radius 1 is 1.35 bits per heavy atom. The van der Waals surface area contributed by atoms with E-state index in [0.29, 0.717) is 6.54 Å². The first-order valence-electron chi connectivity index (χ1n) is 6.47. The normalized spacial score (nSPS) is 11.4. The molecule has 3 aromatic rings. The van der Waals surface area contributed by atoms with Gasteiger partial charge in [0.2, 0.25) is 4.96 Å². The van der Waals surface area contributed by atoms with Crippen LogP contribution < -0.4 is 10.5 Å². The van der Waals surface area contributed by atoms with E-state index in [-0.39, 0.29) is 6.10 Å². The zero-order valence-electron chi connectivity index (χ0n) is 11.4. The molecule has 0 amide bonds. The minimum Gasteiger partial charge on any atom is -0.491 e. The molecule has 0 saturated heterocycles. The van der Waals surface area contributed by atoms with Gasteiger partial charge in [-0.2, -0.15) is 0 Å². The van der Waals surface area contributed by atoms with Crippen LogP contribution in [0.15, 0.2) is 29.6 Å². The van der Waals surface area contributed by atoms with E-state index in [1.165, 1.54) is 0 Å². The largest absolute Gasteiger partial charge is 0.491 e. The van der Waals surface area contributed by atoms with Gasteiger partial charge in [-0.15, -0.1) is 21.5 Å². The summed E-state index contributed by atoms with van der Waals surface area (Å²) >= 11 is 1.56. The average molecular weight is 288 g/mol. The van der Waals surface area contributed by atoms with Gasteiger partial charge in [-0.25, -0.2) is 0 Å². The van der Waals surface area contributed by atoms with Crippen LogP contribution in [0.5, 0.6) is 5.75 Å². The van der Waals surface area contributed by atoms with Crippen molar-refractivity contribution in [2.24, 2.45) is 5.73 Å². The van der Waals surface area contributed by atoms with E-state index in [0.717, 1.165) is 27.8 Å². The molecule has 0 spiro atoms. The van der Waals surface area contributed by atoms with Crippen molar-refractivity contribution in [3.05, 3.63) is 35.5 Å². The van der Waals surface area contributed by atoms with Crippen molar-refractivity contribution in [3.8, 4) is 17.0 Å². The summed E-state index contributed by atoms with van der Waals surface area (Å²) in [5.41, 5.74) is 7.84. The van der Waals surface area contributed by atoms with E-state index in [1.807, 2.05) is 36.4 Å². The molecule has 6 heteroatoms. The summed E-state index contributed by atoms with van der Waals surface area (Å²) in [6, 6.07) is 8.03. The number of aromatic nitrogens is 3. The number of nitrogens with two attached hydrogens (primary N) is 1. The summed E-state index contributed by atoms with van der Waals surface area (Å²) in [6.45, 7) is 4.40. The Bertz CT molecular complexity index is 732. The Labute approximate surface area is 121 Å². The number of hydrogen-bond donors (Lipinski definition) is 1. The first-order chi connectivity index (χ1) is 9.69. The lowest BCUT2D eigenvalue weighted by molar-refractivity contribution is 0.242. The van der Waals surface area contributed by atoms with Crippen LogP contribution in [0.1, 0.15) is 19.7 Å². The van der Waals surface area contributed by atoms with Crippen LogP contribution in [0.2, 0.25) is 0 Å². The van der Waals surface area contributed by atoms with Crippen molar-refractivity contribution in [1.82, 2.24) is 14.6 Å². The van der Waals surface area contributed by atoms with Crippen LogP contribution in [-0.2, 0) is 6.54 Å². The molecule has 0 aliphatic carbocycles. The topological polar surface area (TPSA) is 65.4 Å². The molecule has 1 aromatic carbocycles. The van der Waals surface area contributed by atoms with E-state index in [2.05, 4.69) is 21.6 Å². The maximum absolute atomic E-state index is 5.74. The maximum Gasteiger partial charge on any atom is 0.216 e. The van der Waals surface area contributed by atoms with E-state index in [1.54, 1.807) is 11.3 Å². The molecule has 0 atom stereocenters. The third kappa shape index (κ3) is 2.28. The molecule has 3 rings (SSSR count). The van der Waals surface area contributed by atoms with Crippen molar-refractivity contribution < 1.29 is 4.74 Å². The molecule has 5 nitrogen and oxygen atoms in total. The van der Waals surface area contributed by atoms with Crippen LogP contribution >= 0.6 is 11.3 Å². The van der Waals surface area contributed by atoms with Gasteiger partial charge >= 0.3 is 0 Å². The lowest BCUT2D eigenvalue weighted by Crippen LogP contribution is -2.05. The van der Waals surface area contributed by atoms with Gasteiger partial charge in [-0.05, 0) is 26.0 Å². The fourth-order valence-electron chi connectivity index (χ4n) is 2.11. The molecule has 0 aliphatic heterocycles. The second-order valence-electron chi connectivity index (χ2n) is 4.75. The van der Waals surface area contributed by atoms with Crippen LogP contribution in [0.3, 0.4) is 0 Å². The zero-order chi connectivity index (χ0) is 14.1. The zero-order valence-corrected chi connectivity index (χ0v) is 12.2. The SMILES string of the molecule is CC(C)Oc1cccc(-c2csc3nnc(CN)n23)c1. The van der Waals surface area contributed by atoms with E-state index in [9.17, 15) is 0 Å². The highest BCUT2D eigenvalue weighted by molar-refractivity contribution is 7.15. The molecule has 2 N–H and O–H groups in total. The predicted molar refractivity (Wildman–Crippen MR) is 80.0 cm³/mol. The minimum absolute atomic E-state index is 0.155. The fourth-order valence-corrected chi connectivity index (χ4v) is 2.97. The monoisotopic (exact) mass is 288 g/mol. The van der Waals surface area contributed by atoms with Gasteiger partial charge in [0, 0.05) is 10.9 Å². The van der Waals surface area contributed by atoms with Crippen LogP contribution in [0.4, 0.5) is 0 Å². The summed E-state index contributed by atoms with van der Waals surface area (Å²) in [5.74, 6) is 1.63. The Balaban J connectivity index is 2.08. The first-order valence-corrected chi connectivity index (χ1v) is 7.35. The highest BCUT2D eigenvalue weighted by atomic mass is 32.1. The molecule has 0 fully saturated rings. The van der Waals surface area contributed by atoms with Crippen molar-refractivity contribution in [3.63, 3.8) is 0 Å². The number of nitrogens with zero attached hydrogens (tertiary/aromatic N) is 3. The smallest absolute Gasteiger partial charge is 0.216 e. The van der Waals surface area contributed by atoms with Crippen LogP contribution in [0, 0.1) is 0 Å². The third-order valence-electron chi connectivity index (χ3n) is 2.90. The second-order valence-corrected chi connectivity index (χ2v) is 5.59. The molecular formula is C14H16N4OS. The van der Waals surface area contributed by atoms with Crippen molar-refractivity contribution in [2.75, 3.05) is 0 Å². The summed E-state index contributed by atoms with van der Waals surface area (Å²) in [4.78, 5) is 0.857. The summed E-state index contributed by atoms with van der Waals surface area (Å²) < 4.78 is 7.74.